The van der Waals surface area contributed by atoms with Crippen LogP contribution in [0.15, 0.2) is 24.5 Å². The van der Waals surface area contributed by atoms with Gasteiger partial charge in [-0.05, 0) is 26.2 Å². The van der Waals surface area contributed by atoms with Gasteiger partial charge in [0.25, 0.3) is 0 Å². The fourth-order valence-electron chi connectivity index (χ4n) is 0.888. The van der Waals surface area contributed by atoms with Crippen LogP contribution >= 0.6 is 0 Å². The molecular weight excluding hydrogens is 180 g/mol. The summed E-state index contributed by atoms with van der Waals surface area (Å²) in [6.07, 6.45) is 3.12. The van der Waals surface area contributed by atoms with Crippen LogP contribution in [-0.4, -0.2) is 43.1 Å². The van der Waals surface area contributed by atoms with E-state index in [9.17, 15) is 4.79 Å². The van der Waals surface area contributed by atoms with Gasteiger partial charge in [0, 0.05) is 18.9 Å². The molecule has 4 heteroatoms. The number of carbonyl (C=O) groups excluding carboxylic acids is 1. The van der Waals surface area contributed by atoms with E-state index in [4.69, 9.17) is 4.74 Å². The lowest BCUT2D eigenvalue weighted by molar-refractivity contribution is 0.0481. The Kier molecular flexibility index (Phi) is 4.07. The van der Waals surface area contributed by atoms with E-state index in [1.807, 2.05) is 19.0 Å². The minimum Gasteiger partial charge on any atom is -0.461 e. The summed E-state index contributed by atoms with van der Waals surface area (Å²) < 4.78 is 5.02. The molecule has 0 radical (unpaired) electrons. The fourth-order valence-corrected chi connectivity index (χ4v) is 0.888. The topological polar surface area (TPSA) is 42.4 Å². The SMILES string of the molecule is CN(C)CCOC(=O)c1cccnc1. The summed E-state index contributed by atoms with van der Waals surface area (Å²) in [5.41, 5.74) is 0.492. The van der Waals surface area contributed by atoms with Crippen LogP contribution < -0.4 is 0 Å². The first kappa shape index (κ1) is 10.7. The van der Waals surface area contributed by atoms with Crippen LogP contribution in [0.1, 0.15) is 10.4 Å². The molecule has 0 aliphatic carbocycles. The molecule has 0 aliphatic heterocycles. The summed E-state index contributed by atoms with van der Waals surface area (Å²) in [7, 11) is 3.86. The molecular formula is C10H14N2O2. The number of hydrogen-bond donors (Lipinski definition) is 0. The third kappa shape index (κ3) is 3.53. The van der Waals surface area contributed by atoms with E-state index in [1.54, 1.807) is 18.3 Å². The molecule has 1 aromatic rings. The van der Waals surface area contributed by atoms with Crippen molar-refractivity contribution in [2.45, 2.75) is 0 Å². The average Bonchev–Trinajstić information content (AvgIpc) is 2.18. The molecule has 0 aliphatic rings. The minimum atomic E-state index is -0.319. The Hall–Kier alpha value is -1.42. The van der Waals surface area contributed by atoms with E-state index in [0.29, 0.717) is 12.2 Å². The van der Waals surface area contributed by atoms with Crippen LogP contribution in [-0.2, 0) is 4.74 Å². The van der Waals surface area contributed by atoms with Gasteiger partial charge in [0.2, 0.25) is 0 Å². The lowest BCUT2D eigenvalue weighted by Gasteiger charge is -2.09. The summed E-state index contributed by atoms with van der Waals surface area (Å²) in [6.45, 7) is 1.13. The first-order chi connectivity index (χ1) is 6.70. The normalized spacial score (nSPS) is 10.2. The maximum absolute atomic E-state index is 11.3. The highest BCUT2D eigenvalue weighted by Crippen LogP contribution is 1.98. The number of esters is 1. The Morgan fingerprint density at radius 3 is 2.93 bits per heavy atom. The minimum absolute atomic E-state index is 0.319. The second-order valence-electron chi connectivity index (χ2n) is 3.18. The Morgan fingerprint density at radius 1 is 1.57 bits per heavy atom. The van der Waals surface area contributed by atoms with Crippen LogP contribution in [0.25, 0.3) is 0 Å². The van der Waals surface area contributed by atoms with E-state index in [1.165, 1.54) is 6.20 Å². The second-order valence-corrected chi connectivity index (χ2v) is 3.18. The Morgan fingerprint density at radius 2 is 2.36 bits per heavy atom. The molecule has 0 N–H and O–H groups in total. The maximum atomic E-state index is 11.3. The number of aromatic nitrogens is 1. The first-order valence-electron chi connectivity index (χ1n) is 4.42. The number of rotatable bonds is 4. The molecule has 0 fully saturated rings. The van der Waals surface area contributed by atoms with E-state index < -0.39 is 0 Å². The monoisotopic (exact) mass is 194 g/mol. The quantitative estimate of drug-likeness (QED) is 0.665. The predicted octanol–water partition coefficient (Wildman–Crippen LogP) is 0.800. The van der Waals surface area contributed by atoms with Gasteiger partial charge in [-0.15, -0.1) is 0 Å². The van der Waals surface area contributed by atoms with Gasteiger partial charge in [0.1, 0.15) is 6.61 Å². The van der Waals surface area contributed by atoms with Crippen LogP contribution in [0.2, 0.25) is 0 Å². The van der Waals surface area contributed by atoms with Crippen molar-refractivity contribution in [3.63, 3.8) is 0 Å². The number of pyridine rings is 1. The lowest BCUT2D eigenvalue weighted by Crippen LogP contribution is -2.20. The molecule has 0 saturated carbocycles. The number of likely N-dealkylation sites (N-methyl/N-ethyl adjacent to an activating group) is 1. The van der Waals surface area contributed by atoms with Gasteiger partial charge < -0.3 is 9.64 Å². The summed E-state index contributed by atoms with van der Waals surface area (Å²) in [6, 6.07) is 3.40. The van der Waals surface area contributed by atoms with Gasteiger partial charge in [-0.3, -0.25) is 4.98 Å². The molecule has 0 bridgehead atoms. The van der Waals surface area contributed by atoms with Crippen LogP contribution in [0.4, 0.5) is 0 Å². The van der Waals surface area contributed by atoms with Crippen molar-refractivity contribution in [3.8, 4) is 0 Å². The molecule has 0 unspecified atom stereocenters. The van der Waals surface area contributed by atoms with Crippen molar-refractivity contribution in [2.24, 2.45) is 0 Å². The number of nitrogens with zero attached hydrogens (tertiary/aromatic N) is 2. The number of hydrogen-bond acceptors (Lipinski definition) is 4. The van der Waals surface area contributed by atoms with Crippen molar-refractivity contribution in [1.82, 2.24) is 9.88 Å². The highest BCUT2D eigenvalue weighted by Gasteiger charge is 2.05. The highest BCUT2D eigenvalue weighted by atomic mass is 16.5. The fraction of sp³-hybridized carbons (Fsp3) is 0.400. The van der Waals surface area contributed by atoms with E-state index >= 15 is 0 Å². The summed E-state index contributed by atoms with van der Waals surface area (Å²) in [5, 5.41) is 0. The summed E-state index contributed by atoms with van der Waals surface area (Å²) in [4.78, 5) is 17.1. The smallest absolute Gasteiger partial charge is 0.339 e. The van der Waals surface area contributed by atoms with Crippen molar-refractivity contribution in [2.75, 3.05) is 27.2 Å². The Bertz CT molecular complexity index is 285. The largest absolute Gasteiger partial charge is 0.461 e. The molecule has 14 heavy (non-hydrogen) atoms. The van der Waals surface area contributed by atoms with Gasteiger partial charge in [-0.2, -0.15) is 0 Å². The molecule has 0 atom stereocenters. The first-order valence-corrected chi connectivity index (χ1v) is 4.42. The molecule has 76 valence electrons. The molecule has 4 nitrogen and oxygen atoms in total. The second kappa shape index (κ2) is 5.34. The standard InChI is InChI=1S/C10H14N2O2/c1-12(2)6-7-14-10(13)9-4-3-5-11-8-9/h3-5,8H,6-7H2,1-2H3. The van der Waals surface area contributed by atoms with E-state index in [-0.39, 0.29) is 5.97 Å². The zero-order chi connectivity index (χ0) is 10.4. The summed E-state index contributed by atoms with van der Waals surface area (Å²) >= 11 is 0. The average molecular weight is 194 g/mol. The maximum Gasteiger partial charge on any atom is 0.339 e. The zero-order valence-corrected chi connectivity index (χ0v) is 8.43. The van der Waals surface area contributed by atoms with Crippen LogP contribution in [0.5, 0.6) is 0 Å². The molecule has 1 aromatic heterocycles. The van der Waals surface area contributed by atoms with Gasteiger partial charge in [0.05, 0.1) is 5.56 Å². The van der Waals surface area contributed by atoms with Gasteiger partial charge in [-0.25, -0.2) is 4.79 Å². The van der Waals surface area contributed by atoms with Crippen LogP contribution in [0.3, 0.4) is 0 Å². The molecule has 0 spiro atoms. The summed E-state index contributed by atoms with van der Waals surface area (Å²) in [5.74, 6) is -0.319. The van der Waals surface area contributed by atoms with Gasteiger partial charge >= 0.3 is 5.97 Å². The predicted molar refractivity (Wildman–Crippen MR) is 53.1 cm³/mol. The lowest BCUT2D eigenvalue weighted by atomic mass is 10.3. The van der Waals surface area contributed by atoms with Crippen molar-refractivity contribution in [1.29, 1.82) is 0 Å². The third-order valence-corrected chi connectivity index (χ3v) is 1.67. The van der Waals surface area contributed by atoms with Crippen molar-refractivity contribution < 1.29 is 9.53 Å². The molecule has 1 heterocycles. The Balaban J connectivity index is 2.36. The molecule has 0 amide bonds. The molecule has 0 aromatic carbocycles. The van der Waals surface area contributed by atoms with Gasteiger partial charge in [-0.1, -0.05) is 0 Å². The third-order valence-electron chi connectivity index (χ3n) is 1.67. The molecule has 1 rings (SSSR count). The van der Waals surface area contributed by atoms with Crippen molar-refractivity contribution in [3.05, 3.63) is 30.1 Å². The van der Waals surface area contributed by atoms with Crippen LogP contribution in [0, 0.1) is 0 Å². The van der Waals surface area contributed by atoms with E-state index in [2.05, 4.69) is 4.98 Å². The zero-order valence-electron chi connectivity index (χ0n) is 8.43. The van der Waals surface area contributed by atoms with Crippen molar-refractivity contribution >= 4 is 5.97 Å². The number of ether oxygens (including phenoxy) is 1. The molecule has 0 saturated heterocycles. The highest BCUT2D eigenvalue weighted by molar-refractivity contribution is 5.88. The Labute approximate surface area is 83.5 Å². The number of carbonyl (C=O) groups is 1. The van der Waals surface area contributed by atoms with E-state index in [0.717, 1.165) is 6.54 Å². The van der Waals surface area contributed by atoms with Gasteiger partial charge in [0.15, 0.2) is 0 Å².